The van der Waals surface area contributed by atoms with Crippen LogP contribution >= 0.6 is 0 Å². The van der Waals surface area contributed by atoms with Gasteiger partial charge in [-0.3, -0.25) is 14.4 Å². The van der Waals surface area contributed by atoms with E-state index in [1.54, 1.807) is 0 Å². The predicted octanol–water partition coefficient (Wildman–Crippen LogP) is 23.9. The van der Waals surface area contributed by atoms with Crippen LogP contribution in [0, 0.1) is 0 Å². The largest absolute Gasteiger partial charge is 0.462 e. The average Bonchev–Trinajstić information content (AvgIpc) is 3.45. The molecular formula is C73H132O6. The van der Waals surface area contributed by atoms with E-state index in [9.17, 15) is 14.4 Å². The number of rotatable bonds is 64. The van der Waals surface area contributed by atoms with Gasteiger partial charge in [-0.05, 0) is 70.6 Å². The second-order valence-corrected chi connectivity index (χ2v) is 23.4. The van der Waals surface area contributed by atoms with Crippen LogP contribution in [0.25, 0.3) is 0 Å². The number of ether oxygens (including phenoxy) is 3. The fraction of sp³-hybridized carbons (Fsp3) is 0.822. The topological polar surface area (TPSA) is 78.9 Å². The van der Waals surface area contributed by atoms with E-state index in [0.717, 1.165) is 77.0 Å². The van der Waals surface area contributed by atoms with Gasteiger partial charge in [-0.25, -0.2) is 0 Å². The fourth-order valence-electron chi connectivity index (χ4n) is 10.3. The first kappa shape index (κ1) is 76.1. The number of esters is 3. The molecule has 1 atom stereocenters. The maximum atomic E-state index is 12.9. The summed E-state index contributed by atoms with van der Waals surface area (Å²) >= 11 is 0. The highest BCUT2D eigenvalue weighted by Gasteiger charge is 2.19. The molecule has 0 spiro atoms. The Labute approximate surface area is 491 Å². The fourth-order valence-corrected chi connectivity index (χ4v) is 10.3. The van der Waals surface area contributed by atoms with Gasteiger partial charge in [0.2, 0.25) is 0 Å². The maximum absolute atomic E-state index is 12.9. The first-order valence-electron chi connectivity index (χ1n) is 34.8. The quantitative estimate of drug-likeness (QED) is 0.0261. The van der Waals surface area contributed by atoms with Gasteiger partial charge in [0.15, 0.2) is 6.10 Å². The molecule has 79 heavy (non-hydrogen) atoms. The molecule has 460 valence electrons. The lowest BCUT2D eigenvalue weighted by molar-refractivity contribution is -0.166. The van der Waals surface area contributed by atoms with Crippen molar-refractivity contribution in [2.45, 2.75) is 374 Å². The molecule has 0 aliphatic carbocycles. The van der Waals surface area contributed by atoms with Crippen LogP contribution in [0.2, 0.25) is 0 Å². The Bertz CT molecular complexity index is 1410. The molecule has 0 radical (unpaired) electrons. The molecule has 6 nitrogen and oxygen atoms in total. The van der Waals surface area contributed by atoms with E-state index in [1.807, 2.05) is 6.08 Å². The van der Waals surface area contributed by atoms with Crippen LogP contribution in [-0.4, -0.2) is 37.2 Å². The highest BCUT2D eigenvalue weighted by molar-refractivity contribution is 5.71. The molecule has 0 heterocycles. The summed E-state index contributed by atoms with van der Waals surface area (Å²) in [5.41, 5.74) is 0. The highest BCUT2D eigenvalue weighted by Crippen LogP contribution is 2.18. The van der Waals surface area contributed by atoms with E-state index in [4.69, 9.17) is 14.2 Å². The third-order valence-corrected chi connectivity index (χ3v) is 15.5. The number of carbonyl (C=O) groups excluding carboxylic acids is 3. The molecule has 0 saturated heterocycles. The molecule has 0 bridgehead atoms. The first-order valence-corrected chi connectivity index (χ1v) is 34.8. The van der Waals surface area contributed by atoms with Crippen molar-refractivity contribution >= 4 is 17.9 Å². The summed E-state index contributed by atoms with van der Waals surface area (Å²) in [5, 5.41) is 0. The van der Waals surface area contributed by atoms with E-state index >= 15 is 0 Å². The van der Waals surface area contributed by atoms with E-state index in [-0.39, 0.29) is 37.5 Å². The molecule has 0 aromatic heterocycles. The maximum Gasteiger partial charge on any atom is 0.306 e. The normalized spacial score (nSPS) is 12.4. The van der Waals surface area contributed by atoms with Crippen molar-refractivity contribution in [1.29, 1.82) is 0 Å². The SMILES string of the molecule is CC/C=C\C/C=C\C/C=C\C/C=C\CCC(=O)OCC(COC(=O)CCCCCCCCCCCCCCCCCCCCCCCCCCCCCCCCCCC)OC(=O)CCCCCCC/C=C\CCCCCCCC. The third kappa shape index (κ3) is 65.8. The van der Waals surface area contributed by atoms with Crippen molar-refractivity contribution in [2.24, 2.45) is 0 Å². The van der Waals surface area contributed by atoms with E-state index in [1.165, 1.54) is 244 Å². The van der Waals surface area contributed by atoms with Gasteiger partial charge in [0.05, 0.1) is 0 Å². The minimum absolute atomic E-state index is 0.0965. The van der Waals surface area contributed by atoms with E-state index < -0.39 is 6.10 Å². The van der Waals surface area contributed by atoms with Crippen molar-refractivity contribution in [3.05, 3.63) is 60.8 Å². The van der Waals surface area contributed by atoms with E-state index in [2.05, 4.69) is 75.5 Å². The van der Waals surface area contributed by atoms with Gasteiger partial charge in [-0.2, -0.15) is 0 Å². The lowest BCUT2D eigenvalue weighted by Crippen LogP contribution is -2.30. The molecule has 1 unspecified atom stereocenters. The van der Waals surface area contributed by atoms with Crippen molar-refractivity contribution in [2.75, 3.05) is 13.2 Å². The first-order chi connectivity index (χ1) is 39.0. The van der Waals surface area contributed by atoms with Gasteiger partial charge in [0.1, 0.15) is 13.2 Å². The zero-order valence-electron chi connectivity index (χ0n) is 52.9. The van der Waals surface area contributed by atoms with Crippen LogP contribution in [0.5, 0.6) is 0 Å². The molecule has 6 heteroatoms. The Balaban J connectivity index is 4.11. The van der Waals surface area contributed by atoms with Crippen molar-refractivity contribution < 1.29 is 28.6 Å². The average molecular weight is 1110 g/mol. The highest BCUT2D eigenvalue weighted by atomic mass is 16.6. The van der Waals surface area contributed by atoms with Gasteiger partial charge in [-0.15, -0.1) is 0 Å². The van der Waals surface area contributed by atoms with Crippen LogP contribution in [0.4, 0.5) is 0 Å². The molecule has 0 aliphatic heterocycles. The Hall–Kier alpha value is -2.89. The minimum atomic E-state index is -0.806. The summed E-state index contributed by atoms with van der Waals surface area (Å²) in [6, 6.07) is 0. The van der Waals surface area contributed by atoms with Crippen LogP contribution in [0.3, 0.4) is 0 Å². The Morgan fingerprint density at radius 3 is 0.848 bits per heavy atom. The summed E-state index contributed by atoms with van der Waals surface area (Å²) in [5.74, 6) is -0.973. The number of hydrogen-bond acceptors (Lipinski definition) is 6. The third-order valence-electron chi connectivity index (χ3n) is 15.5. The lowest BCUT2D eigenvalue weighted by atomic mass is 10.0. The number of allylic oxidation sites excluding steroid dienone is 10. The molecule has 0 fully saturated rings. The summed E-state index contributed by atoms with van der Waals surface area (Å²) in [6.45, 7) is 6.50. The number of hydrogen-bond donors (Lipinski definition) is 0. The summed E-state index contributed by atoms with van der Waals surface area (Å²) < 4.78 is 16.8. The van der Waals surface area contributed by atoms with Crippen LogP contribution in [-0.2, 0) is 28.6 Å². The van der Waals surface area contributed by atoms with Gasteiger partial charge >= 0.3 is 17.9 Å². The molecular weight excluding hydrogens is 973 g/mol. The van der Waals surface area contributed by atoms with Crippen molar-refractivity contribution in [1.82, 2.24) is 0 Å². The standard InChI is InChI=1S/C73H132O6/c1-4-7-10-13-16-19-22-25-27-28-29-30-31-32-33-34-35-36-37-38-39-40-41-42-43-44-46-48-51-54-57-60-63-66-72(75)78-69-70(68-77-71(74)65-62-59-56-53-50-47-24-21-18-15-12-9-6-3)79-73(76)67-64-61-58-55-52-49-45-26-23-20-17-14-11-8-5-2/h9,12,18,21,26,45,47,50,56,59,70H,4-8,10-11,13-17,19-20,22-25,27-44,46,48-49,51-55,57-58,60-69H2,1-3H3/b12-9-,21-18-,45-26-,50-47-,59-56-. The molecule has 0 amide bonds. The van der Waals surface area contributed by atoms with E-state index in [0.29, 0.717) is 19.3 Å². The Kier molecular flexibility index (Phi) is 65.1. The summed E-state index contributed by atoms with van der Waals surface area (Å²) in [6.07, 6.45) is 87.2. The molecule has 0 saturated carbocycles. The monoisotopic (exact) mass is 1110 g/mol. The zero-order valence-corrected chi connectivity index (χ0v) is 52.9. The predicted molar refractivity (Wildman–Crippen MR) is 344 cm³/mol. The van der Waals surface area contributed by atoms with Gasteiger partial charge < -0.3 is 14.2 Å². The smallest absolute Gasteiger partial charge is 0.306 e. The molecule has 0 N–H and O–H groups in total. The number of unbranched alkanes of at least 4 members (excludes halogenated alkanes) is 43. The minimum Gasteiger partial charge on any atom is -0.462 e. The molecule has 0 aliphatic rings. The molecule has 0 aromatic rings. The van der Waals surface area contributed by atoms with Crippen LogP contribution in [0.1, 0.15) is 367 Å². The molecule has 0 aromatic carbocycles. The van der Waals surface area contributed by atoms with Crippen LogP contribution < -0.4 is 0 Å². The second-order valence-electron chi connectivity index (χ2n) is 23.4. The second kappa shape index (κ2) is 67.6. The number of carbonyl (C=O) groups is 3. The van der Waals surface area contributed by atoms with Crippen LogP contribution in [0.15, 0.2) is 60.8 Å². The van der Waals surface area contributed by atoms with Crippen molar-refractivity contribution in [3.63, 3.8) is 0 Å². The van der Waals surface area contributed by atoms with Gasteiger partial charge in [-0.1, -0.05) is 338 Å². The zero-order chi connectivity index (χ0) is 57.1. The summed E-state index contributed by atoms with van der Waals surface area (Å²) in [7, 11) is 0. The van der Waals surface area contributed by atoms with Crippen molar-refractivity contribution in [3.8, 4) is 0 Å². The van der Waals surface area contributed by atoms with Gasteiger partial charge in [0.25, 0.3) is 0 Å². The Morgan fingerprint density at radius 2 is 0.519 bits per heavy atom. The van der Waals surface area contributed by atoms with Gasteiger partial charge in [0, 0.05) is 19.3 Å². The lowest BCUT2D eigenvalue weighted by Gasteiger charge is -2.18. The Morgan fingerprint density at radius 1 is 0.266 bits per heavy atom. The summed E-state index contributed by atoms with van der Waals surface area (Å²) in [4.78, 5) is 38.2. The molecule has 0 rings (SSSR count).